The average molecular weight is 346 g/mol. The van der Waals surface area contributed by atoms with Crippen LogP contribution in [0.4, 0.5) is 0 Å². The fourth-order valence-electron chi connectivity index (χ4n) is 2.00. The highest BCUT2D eigenvalue weighted by atomic mass is 32.1. The third-order valence-electron chi connectivity index (χ3n) is 3.03. The normalized spacial score (nSPS) is 20.9. The van der Waals surface area contributed by atoms with Gasteiger partial charge in [-0.1, -0.05) is 0 Å². The summed E-state index contributed by atoms with van der Waals surface area (Å²) in [4.78, 5) is 40.1. The number of amidine groups is 1. The maximum atomic E-state index is 11.1. The van der Waals surface area contributed by atoms with E-state index < -0.39 is 20.7 Å². The average Bonchev–Trinajstić information content (AvgIpc) is 2.32. The minimum absolute atomic E-state index is 0.240. The summed E-state index contributed by atoms with van der Waals surface area (Å²) < 4.78 is 22.3. The maximum Gasteiger partial charge on any atom is 0.360 e. The van der Waals surface area contributed by atoms with E-state index in [-0.39, 0.29) is 5.84 Å². The van der Waals surface area contributed by atoms with E-state index in [1.54, 1.807) is 0 Å². The Morgan fingerprint density at radius 3 is 2.30 bits per heavy atom. The van der Waals surface area contributed by atoms with Crippen molar-refractivity contribution >= 4 is 33.7 Å². The third kappa shape index (κ3) is 5.85. The van der Waals surface area contributed by atoms with Gasteiger partial charge in [-0.15, -0.1) is 0 Å². The second kappa shape index (κ2) is 7.40. The molecule has 0 saturated carbocycles. The molecule has 0 saturated heterocycles. The molecule has 0 spiro atoms. The molecule has 1 rings (SSSR count). The molecule has 1 aliphatic heterocycles. The first-order valence-corrected chi connectivity index (χ1v) is 10.2. The highest BCUT2D eigenvalue weighted by Gasteiger charge is 2.44. The Morgan fingerprint density at radius 1 is 1.30 bits per heavy atom. The summed E-state index contributed by atoms with van der Waals surface area (Å²) in [6, 6.07) is 0. The molecule has 0 amide bonds. The van der Waals surface area contributed by atoms with Crippen LogP contribution in [0.15, 0.2) is 4.99 Å². The van der Waals surface area contributed by atoms with Crippen molar-refractivity contribution in [1.82, 2.24) is 5.32 Å². The molecule has 8 nitrogen and oxygen atoms in total. The predicted octanol–water partition coefficient (Wildman–Crippen LogP) is 0.733. The Labute approximate surface area is 122 Å². The van der Waals surface area contributed by atoms with Crippen LogP contribution in [-0.4, -0.2) is 43.2 Å². The molecule has 1 heterocycles. The van der Waals surface area contributed by atoms with Crippen LogP contribution >= 0.6 is 27.8 Å². The number of nitrogens with one attached hydrogen (secondary N) is 1. The standard InChI is InChI=1S/C9H20N2O6P2S/c12-18(13,14)9(19(15,16)17)11-8-4-3-7(6-10-8)2-1-5-20/h7,9,20H,1-6H2,(H,10,11)(H2,12,13,14)(H2,15,16,17). The molecule has 11 heteroatoms. The Kier molecular flexibility index (Phi) is 6.73. The summed E-state index contributed by atoms with van der Waals surface area (Å²) in [5.41, 5.74) is -2.22. The lowest BCUT2D eigenvalue weighted by Crippen LogP contribution is -2.37. The van der Waals surface area contributed by atoms with E-state index in [0.717, 1.165) is 25.0 Å². The third-order valence-corrected chi connectivity index (χ3v) is 6.69. The van der Waals surface area contributed by atoms with E-state index in [4.69, 9.17) is 19.6 Å². The summed E-state index contributed by atoms with van der Waals surface area (Å²) in [7, 11) is -9.92. The van der Waals surface area contributed by atoms with E-state index in [9.17, 15) is 9.13 Å². The molecular formula is C9H20N2O6P2S. The Hall–Kier alpha value is 0.120. The van der Waals surface area contributed by atoms with Crippen molar-refractivity contribution < 1.29 is 28.7 Å². The highest BCUT2D eigenvalue weighted by molar-refractivity contribution is 7.80. The van der Waals surface area contributed by atoms with E-state index >= 15 is 0 Å². The smallest absolute Gasteiger partial charge is 0.350 e. The predicted molar refractivity (Wildman–Crippen MR) is 79.1 cm³/mol. The lowest BCUT2D eigenvalue weighted by Gasteiger charge is -2.26. The summed E-state index contributed by atoms with van der Waals surface area (Å²) in [5.74, 6) is 1.42. The van der Waals surface area contributed by atoms with Crippen LogP contribution in [0.2, 0.25) is 0 Å². The number of hydrogen-bond acceptors (Lipinski definition) is 5. The monoisotopic (exact) mass is 346 g/mol. The molecule has 0 bridgehead atoms. The van der Waals surface area contributed by atoms with Gasteiger partial charge in [0.15, 0.2) is 0 Å². The zero-order valence-electron chi connectivity index (χ0n) is 10.8. The summed E-state index contributed by atoms with van der Waals surface area (Å²) >= 11 is 4.13. The fourth-order valence-corrected chi connectivity index (χ4v) is 4.38. The Morgan fingerprint density at radius 2 is 1.90 bits per heavy atom. The molecule has 0 aromatic carbocycles. The summed E-state index contributed by atoms with van der Waals surface area (Å²) in [6.45, 7) is 0.491. The first-order valence-electron chi connectivity index (χ1n) is 6.15. The van der Waals surface area contributed by atoms with Crippen molar-refractivity contribution in [3.05, 3.63) is 0 Å². The molecule has 0 aromatic heterocycles. The van der Waals surface area contributed by atoms with Crippen LogP contribution in [0.3, 0.4) is 0 Å². The molecule has 5 N–H and O–H groups in total. The van der Waals surface area contributed by atoms with Gasteiger partial charge in [-0.05, 0) is 30.9 Å². The number of rotatable bonds is 6. The van der Waals surface area contributed by atoms with Gasteiger partial charge in [-0.2, -0.15) is 12.6 Å². The minimum Gasteiger partial charge on any atom is -0.350 e. The van der Waals surface area contributed by atoms with Crippen LogP contribution in [0.5, 0.6) is 0 Å². The molecule has 1 atom stereocenters. The topological polar surface area (TPSA) is 139 Å². The molecule has 118 valence electrons. The first-order chi connectivity index (χ1) is 9.14. The Bertz CT molecular complexity index is 426. The van der Waals surface area contributed by atoms with Gasteiger partial charge in [0.25, 0.3) is 0 Å². The fraction of sp³-hybridized carbons (Fsp3) is 0.889. The van der Waals surface area contributed by atoms with Crippen LogP contribution < -0.4 is 5.32 Å². The lowest BCUT2D eigenvalue weighted by molar-refractivity contribution is 0.334. The minimum atomic E-state index is -4.96. The molecule has 20 heavy (non-hydrogen) atoms. The number of nitrogens with zero attached hydrogens (tertiary/aromatic N) is 1. The number of thiol groups is 1. The maximum absolute atomic E-state index is 11.1. The van der Waals surface area contributed by atoms with Crippen LogP contribution in [0.25, 0.3) is 0 Å². The molecule has 0 aliphatic carbocycles. The molecule has 0 fully saturated rings. The SMILES string of the molecule is O=P(O)(O)C(NC1=NCC(CCCS)CC1)P(=O)(O)O. The van der Waals surface area contributed by atoms with Crippen molar-refractivity contribution in [3.63, 3.8) is 0 Å². The molecule has 1 unspecified atom stereocenters. The molecule has 0 radical (unpaired) electrons. The molecule has 1 aliphatic rings. The lowest BCUT2D eigenvalue weighted by atomic mass is 9.95. The van der Waals surface area contributed by atoms with E-state index in [1.165, 1.54) is 0 Å². The summed E-state index contributed by atoms with van der Waals surface area (Å²) in [5, 5.41) is 2.22. The largest absolute Gasteiger partial charge is 0.360 e. The second-order valence-corrected chi connectivity index (χ2v) is 9.00. The number of aliphatic imine (C=N–C) groups is 1. The van der Waals surface area contributed by atoms with Crippen molar-refractivity contribution in [2.75, 3.05) is 12.3 Å². The van der Waals surface area contributed by atoms with E-state index in [0.29, 0.717) is 18.9 Å². The van der Waals surface area contributed by atoms with Crippen LogP contribution in [-0.2, 0) is 9.13 Å². The van der Waals surface area contributed by atoms with E-state index in [1.807, 2.05) is 0 Å². The van der Waals surface area contributed by atoms with Gasteiger partial charge in [0, 0.05) is 13.0 Å². The van der Waals surface area contributed by atoms with Gasteiger partial charge in [0.2, 0.25) is 5.52 Å². The van der Waals surface area contributed by atoms with Crippen LogP contribution in [0, 0.1) is 5.92 Å². The molecular weight excluding hydrogens is 326 g/mol. The van der Waals surface area contributed by atoms with E-state index in [2.05, 4.69) is 22.9 Å². The van der Waals surface area contributed by atoms with Crippen molar-refractivity contribution in [1.29, 1.82) is 0 Å². The zero-order chi connectivity index (χ0) is 15.4. The Balaban J connectivity index is 2.66. The molecule has 0 aromatic rings. The van der Waals surface area contributed by atoms with Crippen molar-refractivity contribution in [2.45, 2.75) is 31.2 Å². The quantitative estimate of drug-likeness (QED) is 0.308. The van der Waals surface area contributed by atoms with Crippen molar-refractivity contribution in [3.8, 4) is 0 Å². The van der Waals surface area contributed by atoms with Gasteiger partial charge < -0.3 is 24.9 Å². The van der Waals surface area contributed by atoms with Gasteiger partial charge in [0.05, 0.1) is 5.84 Å². The van der Waals surface area contributed by atoms with Crippen LogP contribution in [0.1, 0.15) is 25.7 Å². The zero-order valence-corrected chi connectivity index (χ0v) is 13.5. The number of hydrogen-bond donors (Lipinski definition) is 6. The second-order valence-electron chi connectivity index (χ2n) is 4.75. The summed E-state index contributed by atoms with van der Waals surface area (Å²) in [6.07, 6.45) is 3.14. The van der Waals surface area contributed by atoms with Gasteiger partial charge >= 0.3 is 15.2 Å². The highest BCUT2D eigenvalue weighted by Crippen LogP contribution is 2.58. The van der Waals surface area contributed by atoms with Gasteiger partial charge in [0.1, 0.15) is 0 Å². The van der Waals surface area contributed by atoms with Gasteiger partial charge in [-0.25, -0.2) is 0 Å². The first kappa shape index (κ1) is 18.2. The van der Waals surface area contributed by atoms with Gasteiger partial charge in [-0.3, -0.25) is 14.1 Å². The van der Waals surface area contributed by atoms with Crippen molar-refractivity contribution in [2.24, 2.45) is 10.9 Å².